The normalized spacial score (nSPS) is 23.4. The number of hydrogen-bond acceptors (Lipinski definition) is 5. The maximum Gasteiger partial charge on any atom is 0.236 e. The maximum absolute atomic E-state index is 12.8. The second-order valence-corrected chi connectivity index (χ2v) is 9.69. The average molecular weight is 482 g/mol. The molecular formula is C23H36BrN3O3. The van der Waals surface area contributed by atoms with E-state index in [4.69, 9.17) is 9.47 Å². The molecule has 168 valence electrons. The monoisotopic (exact) mass is 481 g/mol. The van der Waals surface area contributed by atoms with Gasteiger partial charge in [0.2, 0.25) is 5.91 Å². The molecule has 1 amide bonds. The third-order valence-corrected chi connectivity index (χ3v) is 6.62. The highest BCUT2D eigenvalue weighted by Gasteiger charge is 2.27. The fraction of sp³-hybridized carbons (Fsp3) is 0.696. The van der Waals surface area contributed by atoms with E-state index in [-0.39, 0.29) is 0 Å². The molecule has 0 aliphatic carbocycles. The predicted octanol–water partition coefficient (Wildman–Crippen LogP) is 3.48. The number of rotatable bonds is 7. The molecule has 3 rings (SSSR count). The van der Waals surface area contributed by atoms with E-state index < -0.39 is 0 Å². The van der Waals surface area contributed by atoms with Crippen molar-refractivity contribution in [3.8, 4) is 11.5 Å². The Kier molecular flexibility index (Phi) is 8.43. The van der Waals surface area contributed by atoms with Crippen LogP contribution in [-0.4, -0.2) is 80.1 Å². The summed E-state index contributed by atoms with van der Waals surface area (Å²) in [6.45, 7) is 14.1. The second kappa shape index (κ2) is 10.8. The van der Waals surface area contributed by atoms with Gasteiger partial charge in [0.25, 0.3) is 0 Å². The summed E-state index contributed by atoms with van der Waals surface area (Å²) in [6, 6.07) is 4.17. The molecule has 1 aromatic carbocycles. The summed E-state index contributed by atoms with van der Waals surface area (Å²) in [7, 11) is 1.67. The molecule has 1 aromatic rings. The topological polar surface area (TPSA) is 45.2 Å². The molecule has 6 nitrogen and oxygen atoms in total. The highest BCUT2D eigenvalue weighted by Crippen LogP contribution is 2.37. The molecule has 0 unspecified atom stereocenters. The molecule has 7 heteroatoms. The van der Waals surface area contributed by atoms with Gasteiger partial charge in [-0.15, -0.1) is 0 Å². The largest absolute Gasteiger partial charge is 0.493 e. The van der Waals surface area contributed by atoms with E-state index in [1.165, 1.54) is 12.0 Å². The van der Waals surface area contributed by atoms with Crippen LogP contribution >= 0.6 is 15.9 Å². The van der Waals surface area contributed by atoms with Crippen LogP contribution in [0.2, 0.25) is 0 Å². The van der Waals surface area contributed by atoms with Gasteiger partial charge in [-0.25, -0.2) is 0 Å². The Hall–Kier alpha value is -1.31. The van der Waals surface area contributed by atoms with Crippen LogP contribution in [0.1, 0.15) is 32.8 Å². The van der Waals surface area contributed by atoms with E-state index in [1.807, 2.05) is 6.92 Å². The first-order chi connectivity index (χ1) is 14.4. The third-order valence-electron chi connectivity index (χ3n) is 6.03. The molecule has 2 fully saturated rings. The van der Waals surface area contributed by atoms with Crippen molar-refractivity contribution in [1.82, 2.24) is 14.7 Å². The van der Waals surface area contributed by atoms with Crippen molar-refractivity contribution in [2.45, 2.75) is 33.7 Å². The van der Waals surface area contributed by atoms with Gasteiger partial charge in [-0.2, -0.15) is 0 Å². The Labute approximate surface area is 189 Å². The highest BCUT2D eigenvalue weighted by molar-refractivity contribution is 9.10. The first kappa shape index (κ1) is 23.4. The number of nitrogens with zero attached hydrogens (tertiary/aromatic N) is 3. The molecule has 2 atom stereocenters. The molecule has 0 saturated carbocycles. The zero-order chi connectivity index (χ0) is 21.7. The number of ether oxygens (including phenoxy) is 2. The first-order valence-corrected chi connectivity index (χ1v) is 11.9. The minimum absolute atomic E-state index is 0.294. The smallest absolute Gasteiger partial charge is 0.236 e. The second-order valence-electron chi connectivity index (χ2n) is 8.84. The van der Waals surface area contributed by atoms with Crippen LogP contribution in [-0.2, 0) is 11.3 Å². The van der Waals surface area contributed by atoms with Crippen LogP contribution in [0.15, 0.2) is 16.6 Å². The van der Waals surface area contributed by atoms with Gasteiger partial charge in [0.15, 0.2) is 11.5 Å². The lowest BCUT2D eigenvalue weighted by Crippen LogP contribution is -2.51. The van der Waals surface area contributed by atoms with Gasteiger partial charge in [0.05, 0.1) is 24.7 Å². The Morgan fingerprint density at radius 2 is 1.73 bits per heavy atom. The van der Waals surface area contributed by atoms with Crippen LogP contribution in [0.5, 0.6) is 11.5 Å². The van der Waals surface area contributed by atoms with Gasteiger partial charge in [-0.05, 0) is 58.8 Å². The minimum atomic E-state index is 0.294. The molecule has 30 heavy (non-hydrogen) atoms. The summed E-state index contributed by atoms with van der Waals surface area (Å²) in [5.41, 5.74) is 1.20. The van der Waals surface area contributed by atoms with Crippen molar-refractivity contribution in [1.29, 1.82) is 0 Å². The standard InChI is InChI=1S/C23H36BrN3O3/c1-5-30-23-20(24)11-19(12-21(23)29-4)15-25-6-8-26(9-7-25)16-22(28)27-13-17(2)10-18(3)14-27/h11-12,17-18H,5-10,13-16H2,1-4H3/t17-,18-/m0/s1. The predicted molar refractivity (Wildman–Crippen MR) is 123 cm³/mol. The lowest BCUT2D eigenvalue weighted by atomic mass is 9.92. The van der Waals surface area contributed by atoms with Crippen molar-refractivity contribution in [3.63, 3.8) is 0 Å². The van der Waals surface area contributed by atoms with Gasteiger partial charge in [0.1, 0.15) is 0 Å². The molecular weight excluding hydrogens is 446 g/mol. The van der Waals surface area contributed by atoms with E-state index in [0.717, 1.165) is 61.8 Å². The number of amides is 1. The summed E-state index contributed by atoms with van der Waals surface area (Å²) in [5, 5.41) is 0. The molecule has 2 aliphatic rings. The van der Waals surface area contributed by atoms with Gasteiger partial charge in [0, 0.05) is 45.8 Å². The summed E-state index contributed by atoms with van der Waals surface area (Å²) >= 11 is 3.61. The van der Waals surface area contributed by atoms with Crippen LogP contribution in [0.25, 0.3) is 0 Å². The Bertz CT molecular complexity index is 712. The van der Waals surface area contributed by atoms with Gasteiger partial charge in [-0.3, -0.25) is 14.6 Å². The van der Waals surface area contributed by atoms with Gasteiger partial charge < -0.3 is 14.4 Å². The van der Waals surface area contributed by atoms with Crippen LogP contribution in [0.3, 0.4) is 0 Å². The van der Waals surface area contributed by atoms with Crippen LogP contribution in [0, 0.1) is 11.8 Å². The SMILES string of the molecule is CCOc1c(Br)cc(CN2CCN(CC(=O)N3C[C@@H](C)C[C@H](C)C3)CC2)cc1OC. The summed E-state index contributed by atoms with van der Waals surface area (Å²) in [6.07, 6.45) is 1.23. The van der Waals surface area contributed by atoms with Gasteiger partial charge in [-0.1, -0.05) is 13.8 Å². The summed E-state index contributed by atoms with van der Waals surface area (Å²) in [5.74, 6) is 3.03. The van der Waals surface area contributed by atoms with Crippen molar-refractivity contribution in [2.75, 3.05) is 59.5 Å². The molecule has 2 aliphatic heterocycles. The Morgan fingerprint density at radius 1 is 1.10 bits per heavy atom. The fourth-order valence-electron chi connectivity index (χ4n) is 4.67. The number of piperidine rings is 1. The molecule has 0 spiro atoms. The number of carbonyl (C=O) groups excluding carboxylic acids is 1. The van der Waals surface area contributed by atoms with E-state index in [1.54, 1.807) is 7.11 Å². The third kappa shape index (κ3) is 6.11. The lowest BCUT2D eigenvalue weighted by molar-refractivity contribution is -0.135. The number of likely N-dealkylation sites (tertiary alicyclic amines) is 1. The molecule has 2 heterocycles. The van der Waals surface area contributed by atoms with Crippen LogP contribution in [0.4, 0.5) is 0 Å². The number of hydrogen-bond donors (Lipinski definition) is 0. The van der Waals surface area contributed by atoms with Crippen molar-refractivity contribution < 1.29 is 14.3 Å². The van der Waals surface area contributed by atoms with Crippen LogP contribution < -0.4 is 9.47 Å². The zero-order valence-corrected chi connectivity index (χ0v) is 20.4. The average Bonchev–Trinajstić information content (AvgIpc) is 2.70. The zero-order valence-electron chi connectivity index (χ0n) is 18.8. The first-order valence-electron chi connectivity index (χ1n) is 11.1. The van der Waals surface area contributed by atoms with E-state index in [0.29, 0.717) is 30.9 Å². The molecule has 0 aromatic heterocycles. The van der Waals surface area contributed by atoms with E-state index >= 15 is 0 Å². The highest BCUT2D eigenvalue weighted by atomic mass is 79.9. The Morgan fingerprint density at radius 3 is 2.33 bits per heavy atom. The quantitative estimate of drug-likeness (QED) is 0.596. The number of piperazine rings is 1. The molecule has 0 radical (unpaired) electrons. The number of methoxy groups -OCH3 is 1. The van der Waals surface area contributed by atoms with Gasteiger partial charge >= 0.3 is 0 Å². The van der Waals surface area contributed by atoms with Crippen molar-refractivity contribution in [2.24, 2.45) is 11.8 Å². The number of carbonyl (C=O) groups is 1. The lowest BCUT2D eigenvalue weighted by Gasteiger charge is -2.38. The fourth-order valence-corrected chi connectivity index (χ4v) is 5.27. The number of halogens is 1. The molecule has 2 saturated heterocycles. The Balaban J connectivity index is 1.50. The van der Waals surface area contributed by atoms with E-state index in [9.17, 15) is 4.79 Å². The summed E-state index contributed by atoms with van der Waals surface area (Å²) < 4.78 is 12.1. The minimum Gasteiger partial charge on any atom is -0.493 e. The number of benzene rings is 1. The molecule has 0 bridgehead atoms. The maximum atomic E-state index is 12.8. The summed E-state index contributed by atoms with van der Waals surface area (Å²) in [4.78, 5) is 19.6. The molecule has 0 N–H and O–H groups in total. The van der Waals surface area contributed by atoms with Crippen molar-refractivity contribution >= 4 is 21.8 Å². The van der Waals surface area contributed by atoms with Crippen molar-refractivity contribution in [3.05, 3.63) is 22.2 Å². The van der Waals surface area contributed by atoms with E-state index in [2.05, 4.69) is 56.6 Å².